The smallest absolute Gasteiger partial charge is 0.180 e. The minimum atomic E-state index is -2.63. The molecule has 0 saturated carbocycles. The number of fused-ring (bicyclic) bond motifs is 12. The molecular formula is C69H47NSi. The summed E-state index contributed by atoms with van der Waals surface area (Å²) in [5, 5.41) is 16.0. The van der Waals surface area contributed by atoms with Gasteiger partial charge in [-0.15, -0.1) is 0 Å². The second-order valence-corrected chi connectivity index (χ2v) is 24.1. The molecule has 71 heavy (non-hydrogen) atoms. The van der Waals surface area contributed by atoms with E-state index >= 15 is 0 Å². The molecule has 332 valence electrons. The van der Waals surface area contributed by atoms with Gasteiger partial charge in [0.25, 0.3) is 0 Å². The molecule has 12 aromatic carbocycles. The lowest BCUT2D eigenvalue weighted by Gasteiger charge is -2.31. The molecule has 0 atom stereocenters. The third-order valence-electron chi connectivity index (χ3n) is 16.4. The highest BCUT2D eigenvalue weighted by molar-refractivity contribution is 7.22. The van der Waals surface area contributed by atoms with Crippen molar-refractivity contribution in [1.82, 2.24) is 4.57 Å². The van der Waals surface area contributed by atoms with Crippen molar-refractivity contribution in [3.8, 4) is 50.2 Å². The summed E-state index contributed by atoms with van der Waals surface area (Å²) in [7, 11) is -2.63. The maximum absolute atomic E-state index is 2.63. The number of aromatic nitrogens is 1. The molecule has 0 spiro atoms. The molecular weight excluding hydrogens is 871 g/mol. The molecule has 15 rings (SSSR count). The van der Waals surface area contributed by atoms with E-state index in [0.717, 1.165) is 0 Å². The van der Waals surface area contributed by atoms with Gasteiger partial charge < -0.3 is 4.57 Å². The van der Waals surface area contributed by atoms with Crippen molar-refractivity contribution in [3.05, 3.63) is 260 Å². The molecule has 2 aliphatic rings. The molecule has 1 aromatic heterocycles. The first-order chi connectivity index (χ1) is 34.9. The van der Waals surface area contributed by atoms with Crippen LogP contribution in [0.4, 0.5) is 0 Å². The third-order valence-corrected chi connectivity index (χ3v) is 21.3. The fourth-order valence-corrected chi connectivity index (χ4v) is 18.3. The average Bonchev–Trinajstić information content (AvgIpc) is 4.00. The third kappa shape index (κ3) is 5.68. The predicted molar refractivity (Wildman–Crippen MR) is 304 cm³/mol. The first kappa shape index (κ1) is 40.3. The van der Waals surface area contributed by atoms with Crippen LogP contribution < -0.4 is 20.7 Å². The first-order valence-corrected chi connectivity index (χ1v) is 27.0. The topological polar surface area (TPSA) is 4.93 Å². The summed E-state index contributed by atoms with van der Waals surface area (Å²) < 4.78 is 2.48. The van der Waals surface area contributed by atoms with Gasteiger partial charge in [-0.1, -0.05) is 208 Å². The zero-order valence-electron chi connectivity index (χ0n) is 39.6. The van der Waals surface area contributed by atoms with Crippen LogP contribution >= 0.6 is 0 Å². The van der Waals surface area contributed by atoms with Crippen molar-refractivity contribution in [3.63, 3.8) is 0 Å². The van der Waals surface area contributed by atoms with E-state index in [2.05, 4.69) is 267 Å². The lowest BCUT2D eigenvalue weighted by atomic mass is 9.80. The molecule has 0 bridgehead atoms. The Balaban J connectivity index is 0.845. The fraction of sp³-hybridized carbons (Fsp3) is 0.0435. The highest BCUT2D eigenvalue weighted by Crippen LogP contribution is 2.52. The Morgan fingerprint density at radius 1 is 0.324 bits per heavy atom. The second-order valence-electron chi connectivity index (χ2n) is 20.4. The van der Waals surface area contributed by atoms with Gasteiger partial charge in [0.1, 0.15) is 0 Å². The van der Waals surface area contributed by atoms with Crippen LogP contribution in [-0.2, 0) is 5.41 Å². The average molecular weight is 918 g/mol. The summed E-state index contributed by atoms with van der Waals surface area (Å²) in [4.78, 5) is 0. The quantitative estimate of drug-likeness (QED) is 0.120. The molecule has 0 N–H and O–H groups in total. The summed E-state index contributed by atoms with van der Waals surface area (Å²) in [5.41, 5.74) is 16.6. The van der Waals surface area contributed by atoms with Gasteiger partial charge in [-0.25, -0.2) is 0 Å². The highest BCUT2D eigenvalue weighted by Gasteiger charge is 2.48. The largest absolute Gasteiger partial charge is 0.309 e. The van der Waals surface area contributed by atoms with E-state index < -0.39 is 8.07 Å². The minimum Gasteiger partial charge on any atom is -0.309 e. The fourth-order valence-electron chi connectivity index (χ4n) is 13.1. The Morgan fingerprint density at radius 3 is 1.61 bits per heavy atom. The summed E-state index contributed by atoms with van der Waals surface area (Å²) in [6.45, 7) is 4.82. The van der Waals surface area contributed by atoms with Crippen molar-refractivity contribution in [2.24, 2.45) is 0 Å². The molecule has 0 fully saturated rings. The first-order valence-electron chi connectivity index (χ1n) is 25.0. The van der Waals surface area contributed by atoms with Gasteiger partial charge in [0.15, 0.2) is 8.07 Å². The number of hydrogen-bond donors (Lipinski definition) is 0. The van der Waals surface area contributed by atoms with E-state index in [1.54, 1.807) is 0 Å². The van der Waals surface area contributed by atoms with E-state index in [0.29, 0.717) is 0 Å². The second kappa shape index (κ2) is 15.0. The monoisotopic (exact) mass is 917 g/mol. The van der Waals surface area contributed by atoms with Gasteiger partial charge >= 0.3 is 0 Å². The molecule has 1 nitrogen and oxygen atoms in total. The van der Waals surface area contributed by atoms with Gasteiger partial charge in [-0.2, -0.15) is 0 Å². The summed E-state index contributed by atoms with van der Waals surface area (Å²) >= 11 is 0. The van der Waals surface area contributed by atoms with Crippen molar-refractivity contribution < 1.29 is 0 Å². The standard InChI is InChI=1S/C69H47NSi/c1-69(2)62-41-46(30-34-56(62)57-35-31-49(42-63(57)69)68-54-23-11-9-17-47(54)37-48-18-10-12-24-55(48)68)44-32-36-65-60(39-44)58-25-13-15-27-64(58)70(65)51-33-29-45-40-61-59-26-14-16-28-66(59)71(52-19-5-3-6-20-52,53-21-7-4-8-22-53)67(61)43-50(45)38-51/h3-43H,1-2H3. The van der Waals surface area contributed by atoms with Crippen LogP contribution in [0.15, 0.2) is 249 Å². The molecule has 0 unspecified atom stereocenters. The maximum Gasteiger partial charge on any atom is 0.180 e. The van der Waals surface area contributed by atoms with Gasteiger partial charge in [0.05, 0.1) is 11.0 Å². The summed E-state index contributed by atoms with van der Waals surface area (Å²) in [6, 6.07) is 94.3. The maximum atomic E-state index is 2.55. The van der Waals surface area contributed by atoms with Crippen LogP contribution in [0.25, 0.3) is 104 Å². The van der Waals surface area contributed by atoms with Crippen molar-refractivity contribution >= 4 is 82.9 Å². The Labute approximate surface area is 414 Å². The lowest BCUT2D eigenvalue weighted by molar-refractivity contribution is 0.661. The van der Waals surface area contributed by atoms with E-state index in [-0.39, 0.29) is 5.41 Å². The highest BCUT2D eigenvalue weighted by atomic mass is 28.3. The van der Waals surface area contributed by atoms with Gasteiger partial charge in [0.2, 0.25) is 0 Å². The van der Waals surface area contributed by atoms with E-state index in [1.165, 1.54) is 136 Å². The SMILES string of the molecule is CC1(C)c2cc(-c3ccc4c(c3)c3ccccc3n4-c3ccc4cc5c(cc4c3)[Si](c3ccccc3)(c3ccccc3)c3ccccc3-5)ccc2-c2ccc(-c3c4ccccc4cc4ccccc34)cc21. The normalized spacial score (nSPS) is 14.0. The van der Waals surface area contributed by atoms with Crippen LogP contribution in [0, 0.1) is 0 Å². The van der Waals surface area contributed by atoms with Crippen molar-refractivity contribution in [2.45, 2.75) is 19.3 Å². The predicted octanol–water partition coefficient (Wildman–Crippen LogP) is 15.2. The number of rotatable bonds is 5. The van der Waals surface area contributed by atoms with Crippen LogP contribution in [0.3, 0.4) is 0 Å². The molecule has 1 aliphatic carbocycles. The minimum absolute atomic E-state index is 0.180. The van der Waals surface area contributed by atoms with E-state index in [1.807, 2.05) is 0 Å². The van der Waals surface area contributed by atoms with Crippen LogP contribution in [0.2, 0.25) is 0 Å². The number of hydrogen-bond acceptors (Lipinski definition) is 0. The number of para-hydroxylation sites is 1. The lowest BCUT2D eigenvalue weighted by Crippen LogP contribution is -2.72. The summed E-state index contributed by atoms with van der Waals surface area (Å²) in [5.74, 6) is 0. The Bertz CT molecular complexity index is 4270. The molecule has 2 heteroatoms. The zero-order valence-corrected chi connectivity index (χ0v) is 40.6. The van der Waals surface area contributed by atoms with Crippen LogP contribution in [0.5, 0.6) is 0 Å². The van der Waals surface area contributed by atoms with E-state index in [9.17, 15) is 0 Å². The molecule has 13 aromatic rings. The molecule has 0 amide bonds. The Morgan fingerprint density at radius 2 is 0.887 bits per heavy atom. The molecule has 0 saturated heterocycles. The number of benzene rings is 12. The Kier molecular flexibility index (Phi) is 8.50. The van der Waals surface area contributed by atoms with Crippen molar-refractivity contribution in [2.75, 3.05) is 0 Å². The van der Waals surface area contributed by atoms with Crippen molar-refractivity contribution in [1.29, 1.82) is 0 Å². The van der Waals surface area contributed by atoms with Gasteiger partial charge in [-0.3, -0.25) is 0 Å². The Hall–Kier alpha value is -8.56. The number of nitrogens with zero attached hydrogens (tertiary/aromatic N) is 1. The van der Waals surface area contributed by atoms with Gasteiger partial charge in [0, 0.05) is 21.9 Å². The van der Waals surface area contributed by atoms with Crippen LogP contribution in [0.1, 0.15) is 25.0 Å². The van der Waals surface area contributed by atoms with Crippen LogP contribution in [-0.4, -0.2) is 12.6 Å². The summed E-state index contributed by atoms with van der Waals surface area (Å²) in [6.07, 6.45) is 0. The van der Waals surface area contributed by atoms with E-state index in [4.69, 9.17) is 0 Å². The molecule has 0 radical (unpaired) electrons. The zero-order chi connectivity index (χ0) is 47.0. The molecule has 2 heterocycles. The van der Waals surface area contributed by atoms with Gasteiger partial charge in [-0.05, 0) is 163 Å². The molecule has 1 aliphatic heterocycles.